The van der Waals surface area contributed by atoms with E-state index in [1.807, 2.05) is 37.5 Å². The average Bonchev–Trinajstić information content (AvgIpc) is 2.92. The van der Waals surface area contributed by atoms with Crippen LogP contribution in [0.5, 0.6) is 17.2 Å². The van der Waals surface area contributed by atoms with Crippen molar-refractivity contribution in [1.82, 2.24) is 9.80 Å². The van der Waals surface area contributed by atoms with Crippen molar-refractivity contribution < 1.29 is 27.4 Å². The van der Waals surface area contributed by atoms with Gasteiger partial charge in [0, 0.05) is 37.2 Å². The van der Waals surface area contributed by atoms with Crippen LogP contribution in [0.15, 0.2) is 41.4 Å². The van der Waals surface area contributed by atoms with E-state index < -0.39 is 17.2 Å². The highest BCUT2D eigenvalue weighted by molar-refractivity contribution is 6.04. The quantitative estimate of drug-likeness (QED) is 0.548. The van der Waals surface area contributed by atoms with Crippen LogP contribution in [-0.2, 0) is 11.0 Å². The van der Waals surface area contributed by atoms with E-state index >= 15 is 0 Å². The van der Waals surface area contributed by atoms with Crippen molar-refractivity contribution in [2.75, 3.05) is 26.7 Å². The molecule has 1 fully saturated rings. The van der Waals surface area contributed by atoms with Gasteiger partial charge in [-0.25, -0.2) is 4.99 Å². The lowest BCUT2D eigenvalue weighted by atomic mass is 9.93. The van der Waals surface area contributed by atoms with E-state index in [1.165, 1.54) is 13.2 Å². The molecule has 6 nitrogen and oxygen atoms in total. The van der Waals surface area contributed by atoms with Gasteiger partial charge in [0.2, 0.25) is 5.91 Å². The van der Waals surface area contributed by atoms with Crippen LogP contribution in [-0.4, -0.2) is 54.3 Å². The van der Waals surface area contributed by atoms with Crippen molar-refractivity contribution in [2.45, 2.75) is 39.9 Å². The number of carbonyl (C=O) groups is 1. The van der Waals surface area contributed by atoms with Crippen molar-refractivity contribution >= 4 is 17.4 Å². The summed E-state index contributed by atoms with van der Waals surface area (Å²) in [5.74, 6) is 1.80. The number of hydrogen-bond acceptors (Lipinski definition) is 5. The minimum atomic E-state index is -4.50. The Morgan fingerprint density at radius 2 is 1.82 bits per heavy atom. The molecule has 1 unspecified atom stereocenters. The number of aliphatic imine (C=N–C) groups is 1. The number of rotatable bonds is 1. The Labute approximate surface area is 197 Å². The van der Waals surface area contributed by atoms with Crippen LogP contribution in [0.25, 0.3) is 0 Å². The van der Waals surface area contributed by atoms with Crippen LogP contribution in [0.2, 0.25) is 0 Å². The maximum atomic E-state index is 13.4. The zero-order valence-electron chi connectivity index (χ0n) is 19.9. The number of amides is 1. The molecule has 1 atom stereocenters. The second-order valence-electron chi connectivity index (χ2n) is 9.62. The maximum absolute atomic E-state index is 13.4. The molecule has 2 aliphatic heterocycles. The van der Waals surface area contributed by atoms with E-state index in [0.29, 0.717) is 42.5 Å². The fraction of sp³-hybridized carbons (Fsp3) is 0.440. The van der Waals surface area contributed by atoms with Gasteiger partial charge in [0.15, 0.2) is 5.75 Å². The topological polar surface area (TPSA) is 54.4 Å². The van der Waals surface area contributed by atoms with Crippen molar-refractivity contribution in [1.29, 1.82) is 0 Å². The molecule has 0 N–H and O–H groups in total. The summed E-state index contributed by atoms with van der Waals surface area (Å²) >= 11 is 0. The molecular formula is C25H28F3N3O3. The third-order valence-electron chi connectivity index (χ3n) is 5.99. The minimum Gasteiger partial charge on any atom is -0.497 e. The van der Waals surface area contributed by atoms with E-state index in [4.69, 9.17) is 9.47 Å². The molecule has 0 radical (unpaired) electrons. The number of hydrogen-bond donors (Lipinski definition) is 0. The van der Waals surface area contributed by atoms with Gasteiger partial charge in [-0.05, 0) is 37.3 Å². The summed E-state index contributed by atoms with van der Waals surface area (Å²) < 4.78 is 51.5. The number of methoxy groups -OCH3 is 1. The first-order chi connectivity index (χ1) is 15.9. The number of piperazine rings is 1. The number of carbonyl (C=O) groups excluding carboxylic acids is 1. The molecule has 2 aliphatic rings. The van der Waals surface area contributed by atoms with Gasteiger partial charge in [-0.2, -0.15) is 13.2 Å². The van der Waals surface area contributed by atoms with Gasteiger partial charge < -0.3 is 19.3 Å². The Balaban J connectivity index is 1.76. The van der Waals surface area contributed by atoms with Crippen LogP contribution in [0.1, 0.15) is 38.8 Å². The van der Waals surface area contributed by atoms with Crippen molar-refractivity contribution in [3.05, 3.63) is 47.5 Å². The lowest BCUT2D eigenvalue weighted by Crippen LogP contribution is -2.57. The fourth-order valence-corrected chi connectivity index (χ4v) is 4.18. The van der Waals surface area contributed by atoms with Gasteiger partial charge in [0.1, 0.15) is 23.0 Å². The van der Waals surface area contributed by atoms with Gasteiger partial charge in [0.25, 0.3) is 0 Å². The van der Waals surface area contributed by atoms with E-state index in [0.717, 1.165) is 12.1 Å². The van der Waals surface area contributed by atoms with Gasteiger partial charge in [-0.3, -0.25) is 4.79 Å². The molecule has 4 rings (SSSR count). The van der Waals surface area contributed by atoms with Crippen LogP contribution >= 0.6 is 0 Å². The van der Waals surface area contributed by atoms with E-state index in [-0.39, 0.29) is 23.4 Å². The number of nitrogens with zero attached hydrogens (tertiary/aromatic N) is 3. The lowest BCUT2D eigenvalue weighted by Gasteiger charge is -2.43. The Hall–Kier alpha value is -3.23. The molecule has 34 heavy (non-hydrogen) atoms. The smallest absolute Gasteiger partial charge is 0.416 e. The molecular weight excluding hydrogens is 447 g/mol. The summed E-state index contributed by atoms with van der Waals surface area (Å²) in [5, 5.41) is 0. The number of fused-ring (bicyclic) bond motifs is 2. The zero-order valence-corrected chi connectivity index (χ0v) is 19.9. The van der Waals surface area contributed by atoms with Gasteiger partial charge in [-0.15, -0.1) is 0 Å². The van der Waals surface area contributed by atoms with Crippen molar-refractivity contribution in [3.8, 4) is 17.2 Å². The number of ether oxygens (including phenoxy) is 2. The highest BCUT2D eigenvalue weighted by atomic mass is 19.4. The normalized spacial score (nSPS) is 18.4. The SMILES string of the molecule is COc1ccc2c(c1)Oc1ccc(C(F)(F)F)cc1N=C2N1CCN(C(=O)C(C)(C)C)C(C)C1. The first-order valence-electron chi connectivity index (χ1n) is 11.1. The highest BCUT2D eigenvalue weighted by Crippen LogP contribution is 2.43. The summed E-state index contributed by atoms with van der Waals surface area (Å²) in [5.41, 5.74) is -0.551. The maximum Gasteiger partial charge on any atom is 0.416 e. The third-order valence-corrected chi connectivity index (χ3v) is 5.99. The van der Waals surface area contributed by atoms with Crippen molar-refractivity contribution in [3.63, 3.8) is 0 Å². The number of benzene rings is 2. The van der Waals surface area contributed by atoms with Crippen LogP contribution in [0.4, 0.5) is 18.9 Å². The molecule has 1 amide bonds. The Bertz CT molecular complexity index is 1140. The third kappa shape index (κ3) is 4.56. The van der Waals surface area contributed by atoms with E-state index in [9.17, 15) is 18.0 Å². The lowest BCUT2D eigenvalue weighted by molar-refractivity contribution is -0.143. The Kier molecular flexibility index (Phi) is 5.99. The van der Waals surface area contributed by atoms with Crippen LogP contribution in [0, 0.1) is 5.41 Å². The van der Waals surface area contributed by atoms with E-state index in [2.05, 4.69) is 4.99 Å². The Morgan fingerprint density at radius 3 is 2.44 bits per heavy atom. The first kappa shape index (κ1) is 23.9. The summed E-state index contributed by atoms with van der Waals surface area (Å²) in [6.45, 7) is 9.09. The second kappa shape index (κ2) is 8.52. The zero-order chi connectivity index (χ0) is 24.8. The minimum absolute atomic E-state index is 0.0658. The first-order valence-corrected chi connectivity index (χ1v) is 11.1. The molecule has 0 bridgehead atoms. The predicted octanol–water partition coefficient (Wildman–Crippen LogP) is 5.48. The molecule has 0 aliphatic carbocycles. The van der Waals surface area contributed by atoms with E-state index in [1.54, 1.807) is 18.2 Å². The van der Waals surface area contributed by atoms with Crippen LogP contribution < -0.4 is 9.47 Å². The highest BCUT2D eigenvalue weighted by Gasteiger charge is 2.36. The molecule has 1 saturated heterocycles. The molecule has 9 heteroatoms. The number of alkyl halides is 3. The fourth-order valence-electron chi connectivity index (χ4n) is 4.18. The molecule has 2 aromatic rings. The average molecular weight is 476 g/mol. The second-order valence-corrected chi connectivity index (χ2v) is 9.62. The molecule has 182 valence electrons. The number of halogens is 3. The molecule has 0 spiro atoms. The Morgan fingerprint density at radius 1 is 1.09 bits per heavy atom. The summed E-state index contributed by atoms with van der Waals surface area (Å²) in [6.07, 6.45) is -4.50. The molecule has 0 saturated carbocycles. The van der Waals surface area contributed by atoms with Gasteiger partial charge in [0.05, 0.1) is 18.2 Å². The van der Waals surface area contributed by atoms with Gasteiger partial charge in [-0.1, -0.05) is 20.8 Å². The summed E-state index contributed by atoms with van der Waals surface area (Å²) in [7, 11) is 1.53. The molecule has 2 heterocycles. The summed E-state index contributed by atoms with van der Waals surface area (Å²) in [4.78, 5) is 21.4. The van der Waals surface area contributed by atoms with Crippen LogP contribution in [0.3, 0.4) is 0 Å². The van der Waals surface area contributed by atoms with Gasteiger partial charge >= 0.3 is 6.18 Å². The standard InChI is InChI=1S/C25H28F3N3O3/c1-15-14-30(10-11-31(15)23(32)24(2,3)4)22-18-8-7-17(33-5)13-21(18)34-20-9-6-16(25(26,27)28)12-19(20)29-22/h6-9,12-13,15H,10-11,14H2,1-5H3. The molecule has 0 aromatic heterocycles. The number of amidine groups is 1. The van der Waals surface area contributed by atoms with Crippen molar-refractivity contribution in [2.24, 2.45) is 10.4 Å². The predicted molar refractivity (Wildman–Crippen MR) is 123 cm³/mol. The molecule has 2 aromatic carbocycles. The summed E-state index contributed by atoms with van der Waals surface area (Å²) in [6, 6.07) is 8.42. The monoisotopic (exact) mass is 475 g/mol. The largest absolute Gasteiger partial charge is 0.497 e.